The van der Waals surface area contributed by atoms with Gasteiger partial charge < -0.3 is 21.1 Å². The van der Waals surface area contributed by atoms with Crippen molar-refractivity contribution in [1.82, 2.24) is 16.0 Å². The maximum absolute atomic E-state index is 13.7. The Morgan fingerprint density at radius 1 is 1.24 bits per heavy atom. The molecule has 1 aromatic carbocycles. The van der Waals surface area contributed by atoms with Gasteiger partial charge in [0.25, 0.3) is 0 Å². The number of carbonyl (C=O) groups excluding carboxylic acids is 3. The molecule has 1 aromatic rings. The van der Waals surface area contributed by atoms with Crippen molar-refractivity contribution in [3.05, 3.63) is 35.9 Å². The second kappa shape index (κ2) is 11.3. The summed E-state index contributed by atoms with van der Waals surface area (Å²) < 4.78 is 41.2. The lowest BCUT2D eigenvalue weighted by molar-refractivity contribution is -0.267. The Morgan fingerprint density at radius 3 is 2.38 bits per heavy atom. The number of aliphatic hydroxyl groups is 1. The van der Waals surface area contributed by atoms with E-state index in [1.165, 1.54) is 18.2 Å². The average molecular weight is 483 g/mol. The predicted octanol–water partition coefficient (Wildman–Crippen LogP) is 1.89. The van der Waals surface area contributed by atoms with Gasteiger partial charge in [-0.1, -0.05) is 44.2 Å². The molecule has 0 spiro atoms. The molecule has 1 saturated heterocycles. The smallest absolute Gasteiger partial charge is 0.376 e. The number of carbonyl (C=O) groups is 3. The van der Waals surface area contributed by atoms with Gasteiger partial charge in [-0.2, -0.15) is 18.4 Å². The Labute approximate surface area is 195 Å². The zero-order chi connectivity index (χ0) is 25.5. The van der Waals surface area contributed by atoms with E-state index in [-0.39, 0.29) is 24.7 Å². The highest BCUT2D eigenvalue weighted by atomic mass is 19.4. The number of amides is 3. The van der Waals surface area contributed by atoms with Crippen LogP contribution in [0.25, 0.3) is 0 Å². The molecule has 0 aliphatic carbocycles. The molecule has 3 amide bonds. The molecule has 8 nitrogen and oxygen atoms in total. The molecule has 2 rings (SSSR count). The molecule has 0 saturated carbocycles. The van der Waals surface area contributed by atoms with Gasteiger partial charge in [0.2, 0.25) is 17.7 Å². The zero-order valence-electron chi connectivity index (χ0n) is 19.0. The lowest BCUT2D eigenvalue weighted by Crippen LogP contribution is -2.53. The Bertz CT molecular complexity index is 917. The standard InChI is InChI=1S/C23H29F3N4O4/c1-14(2)10-18(21(33)29-17(13-27)11-15-8-9-28-20(15)32)30-19(31)12-22(34,23(24,25)26)16-6-4-3-5-7-16/h3-7,14-15,17-18,34H,8-12H2,1-2H3,(H,28,32)(H,29,33)(H,30,31). The first kappa shape index (κ1) is 27.1. The van der Waals surface area contributed by atoms with Gasteiger partial charge in [-0.25, -0.2) is 0 Å². The second-order valence-electron chi connectivity index (χ2n) is 8.85. The second-order valence-corrected chi connectivity index (χ2v) is 8.85. The van der Waals surface area contributed by atoms with Gasteiger partial charge in [-0.05, 0) is 30.7 Å². The molecule has 1 aliphatic rings. The van der Waals surface area contributed by atoms with Gasteiger partial charge >= 0.3 is 6.18 Å². The summed E-state index contributed by atoms with van der Waals surface area (Å²) in [5.74, 6) is -2.69. The van der Waals surface area contributed by atoms with E-state index in [1.807, 2.05) is 6.07 Å². The fourth-order valence-corrected chi connectivity index (χ4v) is 3.83. The summed E-state index contributed by atoms with van der Waals surface area (Å²) in [4.78, 5) is 37.2. The van der Waals surface area contributed by atoms with Crippen LogP contribution in [-0.2, 0) is 20.0 Å². The molecule has 1 fully saturated rings. The van der Waals surface area contributed by atoms with Crippen molar-refractivity contribution < 1.29 is 32.7 Å². The fraction of sp³-hybridized carbons (Fsp3) is 0.565. The minimum absolute atomic E-state index is 0.0816. The van der Waals surface area contributed by atoms with Gasteiger partial charge in [-0.15, -0.1) is 0 Å². The van der Waals surface area contributed by atoms with Crippen LogP contribution in [-0.4, -0.2) is 47.6 Å². The van der Waals surface area contributed by atoms with E-state index in [4.69, 9.17) is 0 Å². The highest BCUT2D eigenvalue weighted by molar-refractivity contribution is 5.88. The SMILES string of the molecule is CC(C)CC(NC(=O)CC(O)(c1ccccc1)C(F)(F)F)C(=O)NC(C#N)CC1CCNC1=O. The van der Waals surface area contributed by atoms with Crippen molar-refractivity contribution in [2.24, 2.45) is 11.8 Å². The molecule has 4 N–H and O–H groups in total. The van der Waals surface area contributed by atoms with Crippen LogP contribution in [0.15, 0.2) is 30.3 Å². The normalized spacial score (nSPS) is 19.5. The van der Waals surface area contributed by atoms with Gasteiger partial charge in [0.05, 0.1) is 12.5 Å². The number of nitrogens with zero attached hydrogens (tertiary/aromatic N) is 1. The van der Waals surface area contributed by atoms with E-state index in [0.717, 1.165) is 12.1 Å². The van der Waals surface area contributed by atoms with Crippen molar-refractivity contribution in [3.8, 4) is 6.07 Å². The monoisotopic (exact) mass is 482 g/mol. The average Bonchev–Trinajstić information content (AvgIpc) is 3.16. The van der Waals surface area contributed by atoms with E-state index in [9.17, 15) is 37.9 Å². The van der Waals surface area contributed by atoms with Crippen molar-refractivity contribution in [3.63, 3.8) is 0 Å². The molecule has 0 bridgehead atoms. The Kier molecular flexibility index (Phi) is 9.04. The lowest BCUT2D eigenvalue weighted by atomic mass is 9.89. The number of hydrogen-bond acceptors (Lipinski definition) is 5. The molecule has 34 heavy (non-hydrogen) atoms. The maximum Gasteiger partial charge on any atom is 0.421 e. The minimum Gasteiger partial charge on any atom is -0.376 e. The summed E-state index contributed by atoms with van der Waals surface area (Å²) in [7, 11) is 0. The Morgan fingerprint density at radius 2 is 1.88 bits per heavy atom. The summed E-state index contributed by atoms with van der Waals surface area (Å²) in [6.07, 6.45) is -5.79. The zero-order valence-corrected chi connectivity index (χ0v) is 19.0. The summed E-state index contributed by atoms with van der Waals surface area (Å²) >= 11 is 0. The number of hydrogen-bond donors (Lipinski definition) is 4. The maximum atomic E-state index is 13.7. The fourth-order valence-electron chi connectivity index (χ4n) is 3.83. The minimum atomic E-state index is -5.14. The third-order valence-corrected chi connectivity index (χ3v) is 5.65. The molecule has 1 aliphatic heterocycles. The molecule has 11 heteroatoms. The number of rotatable bonds is 10. The first-order valence-electron chi connectivity index (χ1n) is 11.0. The van der Waals surface area contributed by atoms with Gasteiger partial charge in [-0.3, -0.25) is 14.4 Å². The summed E-state index contributed by atoms with van der Waals surface area (Å²) in [6, 6.07) is 5.90. The molecule has 0 radical (unpaired) electrons. The molecule has 4 atom stereocenters. The van der Waals surface area contributed by atoms with E-state index in [2.05, 4.69) is 16.0 Å². The summed E-state index contributed by atoms with van der Waals surface area (Å²) in [6.45, 7) is 3.99. The van der Waals surface area contributed by atoms with Crippen LogP contribution in [0.3, 0.4) is 0 Å². The molecular weight excluding hydrogens is 453 g/mol. The third kappa shape index (κ3) is 6.93. The van der Waals surface area contributed by atoms with Crippen LogP contribution in [0.5, 0.6) is 0 Å². The number of nitrogens with one attached hydrogen (secondary N) is 3. The first-order chi connectivity index (χ1) is 15.9. The van der Waals surface area contributed by atoms with Crippen molar-refractivity contribution in [2.45, 2.75) is 63.4 Å². The van der Waals surface area contributed by atoms with Crippen LogP contribution >= 0.6 is 0 Å². The molecule has 0 aromatic heterocycles. The lowest BCUT2D eigenvalue weighted by Gasteiger charge is -2.31. The topological polar surface area (TPSA) is 131 Å². The van der Waals surface area contributed by atoms with Crippen LogP contribution < -0.4 is 16.0 Å². The van der Waals surface area contributed by atoms with Gasteiger partial charge in [0.1, 0.15) is 12.1 Å². The molecule has 4 unspecified atom stereocenters. The Hall–Kier alpha value is -3.13. The summed E-state index contributed by atoms with van der Waals surface area (Å²) in [5.41, 5.74) is -3.94. The van der Waals surface area contributed by atoms with E-state index >= 15 is 0 Å². The highest BCUT2D eigenvalue weighted by Gasteiger charge is 2.56. The number of halogens is 3. The predicted molar refractivity (Wildman–Crippen MR) is 116 cm³/mol. The first-order valence-corrected chi connectivity index (χ1v) is 11.0. The van der Waals surface area contributed by atoms with E-state index in [0.29, 0.717) is 13.0 Å². The third-order valence-electron chi connectivity index (χ3n) is 5.65. The van der Waals surface area contributed by atoms with Gasteiger partial charge in [0.15, 0.2) is 5.60 Å². The van der Waals surface area contributed by atoms with Crippen LogP contribution in [0.1, 0.15) is 45.1 Å². The van der Waals surface area contributed by atoms with E-state index in [1.54, 1.807) is 13.8 Å². The van der Waals surface area contributed by atoms with Gasteiger partial charge in [0, 0.05) is 12.5 Å². The largest absolute Gasteiger partial charge is 0.421 e. The number of benzene rings is 1. The number of nitriles is 1. The van der Waals surface area contributed by atoms with Crippen molar-refractivity contribution in [1.29, 1.82) is 5.26 Å². The van der Waals surface area contributed by atoms with Crippen LogP contribution in [0.4, 0.5) is 13.2 Å². The quantitative estimate of drug-likeness (QED) is 0.405. The van der Waals surface area contributed by atoms with Crippen molar-refractivity contribution >= 4 is 17.7 Å². The van der Waals surface area contributed by atoms with Crippen LogP contribution in [0, 0.1) is 23.2 Å². The van der Waals surface area contributed by atoms with Crippen LogP contribution in [0.2, 0.25) is 0 Å². The molecule has 186 valence electrons. The molecular formula is C23H29F3N4O4. The van der Waals surface area contributed by atoms with E-state index < -0.39 is 53.6 Å². The summed E-state index contributed by atoms with van der Waals surface area (Å²) in [5, 5.41) is 27.2. The highest BCUT2D eigenvalue weighted by Crippen LogP contribution is 2.41. The Balaban J connectivity index is 2.13. The number of alkyl halides is 3. The molecule has 1 heterocycles. The van der Waals surface area contributed by atoms with Crippen molar-refractivity contribution in [2.75, 3.05) is 6.54 Å².